The molecule has 210 valence electrons. The minimum absolute atomic E-state index is 0.212. The highest BCUT2D eigenvalue weighted by Gasteiger charge is 2.30. The maximum absolute atomic E-state index is 13.5. The number of hydrogen-bond acceptors (Lipinski definition) is 5. The van der Waals surface area contributed by atoms with Gasteiger partial charge >= 0.3 is 6.09 Å². The Kier molecular flexibility index (Phi) is 12.4. The van der Waals surface area contributed by atoms with E-state index in [-0.39, 0.29) is 18.2 Å². The molecule has 2 heterocycles. The SMILES string of the molecule is C/C=C\n1c(CC(NC(=O)OC(C)(C)C)C(=O)NC(C)(C)Cc2ccc(F)cn2)cnc1C(C)CC.C=C. The first kappa shape index (κ1) is 32.5. The number of nitrogens with one attached hydrogen (secondary N) is 2. The number of rotatable bonds is 10. The van der Waals surface area contributed by atoms with Crippen molar-refractivity contribution >= 4 is 18.2 Å². The molecule has 2 aromatic rings. The van der Waals surface area contributed by atoms with E-state index in [1.165, 1.54) is 6.07 Å². The Labute approximate surface area is 226 Å². The van der Waals surface area contributed by atoms with Crippen LogP contribution in [-0.2, 0) is 22.4 Å². The van der Waals surface area contributed by atoms with E-state index in [2.05, 4.69) is 47.6 Å². The molecule has 0 aromatic carbocycles. The highest BCUT2D eigenvalue weighted by Crippen LogP contribution is 2.21. The van der Waals surface area contributed by atoms with Gasteiger partial charge in [0.2, 0.25) is 5.91 Å². The fraction of sp³-hybridized carbons (Fsp3) is 0.517. The summed E-state index contributed by atoms with van der Waals surface area (Å²) in [5.74, 6) is 0.330. The monoisotopic (exact) mass is 529 g/mol. The van der Waals surface area contributed by atoms with Crippen LogP contribution in [0.15, 0.2) is 43.8 Å². The van der Waals surface area contributed by atoms with Crippen LogP contribution in [0.5, 0.6) is 0 Å². The summed E-state index contributed by atoms with van der Waals surface area (Å²) >= 11 is 0. The second kappa shape index (κ2) is 14.4. The highest BCUT2D eigenvalue weighted by atomic mass is 19.1. The van der Waals surface area contributed by atoms with Gasteiger partial charge in [-0.05, 0) is 60.1 Å². The number of ether oxygens (including phenoxy) is 1. The van der Waals surface area contributed by atoms with Crippen molar-refractivity contribution < 1.29 is 18.7 Å². The summed E-state index contributed by atoms with van der Waals surface area (Å²) in [6.07, 6.45) is 7.54. The highest BCUT2D eigenvalue weighted by molar-refractivity contribution is 5.86. The number of pyridine rings is 1. The molecule has 2 amide bonds. The Bertz CT molecular complexity index is 1070. The zero-order valence-electron chi connectivity index (χ0n) is 24.1. The first-order chi connectivity index (χ1) is 17.7. The summed E-state index contributed by atoms with van der Waals surface area (Å²) < 4.78 is 20.6. The Morgan fingerprint density at radius 3 is 2.34 bits per heavy atom. The van der Waals surface area contributed by atoms with Gasteiger partial charge < -0.3 is 19.9 Å². The molecule has 2 atom stereocenters. The van der Waals surface area contributed by atoms with Gasteiger partial charge in [0.1, 0.15) is 23.3 Å². The molecule has 0 bridgehead atoms. The minimum atomic E-state index is -0.911. The van der Waals surface area contributed by atoms with Gasteiger partial charge in [-0.25, -0.2) is 14.2 Å². The normalized spacial score (nSPS) is 13.3. The third kappa shape index (κ3) is 10.5. The van der Waals surface area contributed by atoms with Gasteiger partial charge in [-0.1, -0.05) is 19.9 Å². The van der Waals surface area contributed by atoms with Crippen LogP contribution >= 0.6 is 0 Å². The van der Waals surface area contributed by atoms with E-state index in [0.717, 1.165) is 24.1 Å². The van der Waals surface area contributed by atoms with Crippen LogP contribution in [0.4, 0.5) is 9.18 Å². The summed E-state index contributed by atoms with van der Waals surface area (Å²) in [5, 5.41) is 5.74. The standard InChI is InChI=1S/C27H40FN5O3.C2H4/c1-9-13-33-21(17-30-23(33)18(3)10-2)14-22(31-25(35)36-26(4,5)6)24(34)32-27(7,8)15-20-12-11-19(28)16-29-20;1-2/h9,11-13,16-18,22H,10,14-15H2,1-8H3,(H,31,35)(H,32,34);1-2H2/b13-9-;. The van der Waals surface area contributed by atoms with Crippen molar-refractivity contribution in [3.63, 3.8) is 0 Å². The first-order valence-electron chi connectivity index (χ1n) is 12.9. The smallest absolute Gasteiger partial charge is 0.408 e. The average molecular weight is 530 g/mol. The van der Waals surface area contributed by atoms with Crippen LogP contribution in [-0.4, -0.2) is 43.7 Å². The van der Waals surface area contributed by atoms with Crippen molar-refractivity contribution in [2.24, 2.45) is 0 Å². The molecule has 2 unspecified atom stereocenters. The number of nitrogens with zero attached hydrogens (tertiary/aromatic N) is 3. The molecule has 0 fully saturated rings. The van der Waals surface area contributed by atoms with Crippen molar-refractivity contribution in [3.8, 4) is 0 Å². The number of carbonyl (C=O) groups is 2. The van der Waals surface area contributed by atoms with E-state index >= 15 is 0 Å². The fourth-order valence-electron chi connectivity index (χ4n) is 3.73. The summed E-state index contributed by atoms with van der Waals surface area (Å²) in [6, 6.07) is 2.02. The molecule has 0 saturated heterocycles. The third-order valence-electron chi connectivity index (χ3n) is 5.55. The molecular weight excluding hydrogens is 485 g/mol. The summed E-state index contributed by atoms with van der Waals surface area (Å²) in [5.41, 5.74) is 0.0105. The second-order valence-electron chi connectivity index (χ2n) is 10.7. The van der Waals surface area contributed by atoms with Crippen molar-refractivity contribution in [1.29, 1.82) is 0 Å². The largest absolute Gasteiger partial charge is 0.444 e. The molecule has 2 N–H and O–H groups in total. The number of alkyl carbamates (subject to hydrolysis) is 1. The molecule has 0 spiro atoms. The Morgan fingerprint density at radius 1 is 1.16 bits per heavy atom. The minimum Gasteiger partial charge on any atom is -0.444 e. The average Bonchev–Trinajstić information content (AvgIpc) is 3.21. The topological polar surface area (TPSA) is 98.1 Å². The second-order valence-corrected chi connectivity index (χ2v) is 10.7. The lowest BCUT2D eigenvalue weighted by molar-refractivity contribution is -0.124. The number of hydrogen-bond donors (Lipinski definition) is 2. The Balaban J connectivity index is 0.00000352. The molecule has 2 aromatic heterocycles. The maximum Gasteiger partial charge on any atom is 0.408 e. The molecule has 0 aliphatic rings. The van der Waals surface area contributed by atoms with Gasteiger partial charge in [0, 0.05) is 48.1 Å². The fourth-order valence-corrected chi connectivity index (χ4v) is 3.73. The number of allylic oxidation sites excluding steroid dienone is 1. The van der Waals surface area contributed by atoms with Gasteiger partial charge in [-0.15, -0.1) is 13.2 Å². The molecule has 9 heteroatoms. The summed E-state index contributed by atoms with van der Waals surface area (Å²) in [6.45, 7) is 21.1. The van der Waals surface area contributed by atoms with Gasteiger partial charge in [-0.3, -0.25) is 9.78 Å². The Hall–Kier alpha value is -3.49. The summed E-state index contributed by atoms with van der Waals surface area (Å²) in [4.78, 5) is 34.8. The third-order valence-corrected chi connectivity index (χ3v) is 5.55. The maximum atomic E-state index is 13.5. The molecule has 2 rings (SSSR count). The van der Waals surface area contributed by atoms with Crippen molar-refractivity contribution in [2.45, 2.75) is 97.8 Å². The van der Waals surface area contributed by atoms with Crippen molar-refractivity contribution in [1.82, 2.24) is 25.2 Å². The van der Waals surface area contributed by atoms with Crippen LogP contribution < -0.4 is 10.6 Å². The van der Waals surface area contributed by atoms with Gasteiger partial charge in [0.15, 0.2) is 0 Å². The first-order valence-corrected chi connectivity index (χ1v) is 12.9. The van der Waals surface area contributed by atoms with Gasteiger partial charge in [-0.2, -0.15) is 0 Å². The number of aromatic nitrogens is 3. The lowest BCUT2D eigenvalue weighted by Gasteiger charge is -2.29. The number of carbonyl (C=O) groups excluding carboxylic acids is 2. The zero-order chi connectivity index (χ0) is 29.1. The van der Waals surface area contributed by atoms with E-state index in [0.29, 0.717) is 12.1 Å². The van der Waals surface area contributed by atoms with Gasteiger partial charge in [0.05, 0.1) is 6.20 Å². The van der Waals surface area contributed by atoms with Crippen LogP contribution in [0.25, 0.3) is 6.20 Å². The van der Waals surface area contributed by atoms with E-state index in [1.54, 1.807) is 33.0 Å². The lowest BCUT2D eigenvalue weighted by Crippen LogP contribution is -2.55. The number of amides is 2. The van der Waals surface area contributed by atoms with Gasteiger partial charge in [0.25, 0.3) is 0 Å². The molecule has 8 nitrogen and oxygen atoms in total. The molecule has 0 aliphatic carbocycles. The van der Waals surface area contributed by atoms with Crippen molar-refractivity contribution in [3.05, 3.63) is 66.8 Å². The Morgan fingerprint density at radius 2 is 1.82 bits per heavy atom. The lowest BCUT2D eigenvalue weighted by atomic mass is 9.97. The quantitative estimate of drug-likeness (QED) is 0.379. The van der Waals surface area contributed by atoms with E-state index < -0.39 is 29.1 Å². The number of imidazole rings is 1. The molecule has 0 aliphatic heterocycles. The number of halogens is 1. The van der Waals surface area contributed by atoms with Crippen molar-refractivity contribution in [2.75, 3.05) is 0 Å². The zero-order valence-corrected chi connectivity index (χ0v) is 24.1. The molecular formula is C29H44FN5O3. The molecule has 38 heavy (non-hydrogen) atoms. The van der Waals surface area contributed by atoms with Crippen LogP contribution in [0.2, 0.25) is 0 Å². The van der Waals surface area contributed by atoms with Crippen LogP contribution in [0.1, 0.15) is 84.9 Å². The summed E-state index contributed by atoms with van der Waals surface area (Å²) in [7, 11) is 0. The van der Waals surface area contributed by atoms with E-state index in [1.807, 2.05) is 37.6 Å². The van der Waals surface area contributed by atoms with E-state index in [9.17, 15) is 14.0 Å². The molecule has 0 radical (unpaired) electrons. The predicted octanol–water partition coefficient (Wildman–Crippen LogP) is 5.80. The van der Waals surface area contributed by atoms with Crippen LogP contribution in [0.3, 0.4) is 0 Å². The van der Waals surface area contributed by atoms with Crippen LogP contribution in [0, 0.1) is 5.82 Å². The van der Waals surface area contributed by atoms with E-state index in [4.69, 9.17) is 4.74 Å². The molecule has 0 saturated carbocycles. The predicted molar refractivity (Wildman–Crippen MR) is 150 cm³/mol.